The van der Waals surface area contributed by atoms with Crippen molar-refractivity contribution < 1.29 is 0 Å². The normalized spacial score (nSPS) is 11.0. The van der Waals surface area contributed by atoms with Crippen LogP contribution in [-0.2, 0) is 0 Å². The number of nitrogens with two attached hydrogens (primary N) is 1. The van der Waals surface area contributed by atoms with Crippen LogP contribution in [0.15, 0.2) is 10.5 Å². The van der Waals surface area contributed by atoms with E-state index >= 15 is 0 Å². The molecule has 1 aromatic carbocycles. The molecule has 2 N–H and O–H groups in total. The highest BCUT2D eigenvalue weighted by molar-refractivity contribution is 9.10. The first-order valence-electron chi connectivity index (χ1n) is 3.60. The average molecular weight is 278 g/mol. The molecular formula is C8H6BrClN2S. The van der Waals surface area contributed by atoms with Gasteiger partial charge in [-0.25, -0.2) is 4.98 Å². The Labute approximate surface area is 92.8 Å². The molecule has 0 fully saturated rings. The SMILES string of the molecule is Cc1cc(Br)c(Cl)c2sc(N)nc12. The summed E-state index contributed by atoms with van der Waals surface area (Å²) in [5.74, 6) is 0. The average Bonchev–Trinajstić information content (AvgIpc) is 2.44. The lowest BCUT2D eigenvalue weighted by Gasteiger charge is -1.99. The summed E-state index contributed by atoms with van der Waals surface area (Å²) in [4.78, 5) is 4.21. The number of rotatable bonds is 0. The fourth-order valence-corrected chi connectivity index (χ4v) is 2.96. The number of thiazole rings is 1. The van der Waals surface area contributed by atoms with E-state index < -0.39 is 0 Å². The second kappa shape index (κ2) is 3.12. The minimum atomic E-state index is 0.554. The number of aryl methyl sites for hydroxylation is 1. The van der Waals surface area contributed by atoms with E-state index in [1.807, 2.05) is 13.0 Å². The van der Waals surface area contributed by atoms with Gasteiger partial charge in [-0.05, 0) is 34.5 Å². The first-order chi connectivity index (χ1) is 6.09. The number of halogens is 2. The van der Waals surface area contributed by atoms with Crippen LogP contribution in [0.1, 0.15) is 5.56 Å². The lowest BCUT2D eigenvalue weighted by Crippen LogP contribution is -1.81. The second-order valence-corrected chi connectivity index (χ2v) is 4.98. The van der Waals surface area contributed by atoms with E-state index in [0.717, 1.165) is 20.3 Å². The Morgan fingerprint density at radius 2 is 2.31 bits per heavy atom. The van der Waals surface area contributed by atoms with Crippen LogP contribution >= 0.6 is 38.9 Å². The van der Waals surface area contributed by atoms with E-state index in [1.165, 1.54) is 11.3 Å². The third kappa shape index (κ3) is 1.43. The number of anilines is 1. The van der Waals surface area contributed by atoms with Crippen LogP contribution in [0, 0.1) is 6.92 Å². The van der Waals surface area contributed by atoms with Gasteiger partial charge in [-0.3, -0.25) is 0 Å². The zero-order valence-electron chi connectivity index (χ0n) is 6.77. The molecule has 0 saturated heterocycles. The maximum absolute atomic E-state index is 6.08. The Hall–Kier alpha value is -0.320. The van der Waals surface area contributed by atoms with Gasteiger partial charge in [0, 0.05) is 4.47 Å². The quantitative estimate of drug-likeness (QED) is 0.799. The first kappa shape index (κ1) is 9.24. The van der Waals surface area contributed by atoms with Crippen LogP contribution < -0.4 is 5.73 Å². The molecule has 5 heteroatoms. The Morgan fingerprint density at radius 3 is 3.00 bits per heavy atom. The molecule has 0 aliphatic heterocycles. The number of hydrogen-bond donors (Lipinski definition) is 1. The fraction of sp³-hybridized carbons (Fsp3) is 0.125. The van der Waals surface area contributed by atoms with Crippen LogP contribution in [0.3, 0.4) is 0 Å². The maximum atomic E-state index is 6.08. The highest BCUT2D eigenvalue weighted by Gasteiger charge is 2.10. The summed E-state index contributed by atoms with van der Waals surface area (Å²) in [6.07, 6.45) is 0. The Morgan fingerprint density at radius 1 is 1.62 bits per heavy atom. The Bertz CT molecular complexity index is 480. The molecular weight excluding hydrogens is 272 g/mol. The van der Waals surface area contributed by atoms with Gasteiger partial charge in [-0.2, -0.15) is 0 Å². The molecule has 0 bridgehead atoms. The Kier molecular flexibility index (Phi) is 2.21. The zero-order chi connectivity index (χ0) is 9.59. The molecule has 0 atom stereocenters. The molecule has 2 aromatic rings. The van der Waals surface area contributed by atoms with Gasteiger partial charge in [0.15, 0.2) is 5.13 Å². The summed E-state index contributed by atoms with van der Waals surface area (Å²) in [7, 11) is 0. The molecule has 0 aliphatic rings. The molecule has 1 heterocycles. The Balaban J connectivity index is 2.95. The summed E-state index contributed by atoms with van der Waals surface area (Å²) in [6.45, 7) is 1.99. The number of nitrogen functional groups attached to an aromatic ring is 1. The summed E-state index contributed by atoms with van der Waals surface area (Å²) in [5.41, 5.74) is 7.59. The van der Waals surface area contributed by atoms with E-state index in [1.54, 1.807) is 0 Å². The summed E-state index contributed by atoms with van der Waals surface area (Å²) in [6, 6.07) is 1.95. The summed E-state index contributed by atoms with van der Waals surface area (Å²) in [5, 5.41) is 1.24. The van der Waals surface area contributed by atoms with Crippen molar-refractivity contribution in [1.82, 2.24) is 4.98 Å². The minimum absolute atomic E-state index is 0.554. The highest BCUT2D eigenvalue weighted by Crippen LogP contribution is 2.37. The van der Waals surface area contributed by atoms with Crippen LogP contribution in [0.5, 0.6) is 0 Å². The molecule has 0 unspecified atom stereocenters. The lowest BCUT2D eigenvalue weighted by atomic mass is 10.2. The van der Waals surface area contributed by atoms with Crippen molar-refractivity contribution in [3.05, 3.63) is 21.1 Å². The van der Waals surface area contributed by atoms with Gasteiger partial charge >= 0.3 is 0 Å². The molecule has 0 spiro atoms. The molecule has 2 rings (SSSR count). The van der Waals surface area contributed by atoms with Crippen LogP contribution in [0.4, 0.5) is 5.13 Å². The van der Waals surface area contributed by atoms with E-state index in [4.69, 9.17) is 17.3 Å². The van der Waals surface area contributed by atoms with Gasteiger partial charge in [0.1, 0.15) is 0 Å². The third-order valence-corrected chi connectivity index (χ3v) is 4.03. The molecule has 1 aromatic heterocycles. The zero-order valence-corrected chi connectivity index (χ0v) is 9.92. The number of benzene rings is 1. The van der Waals surface area contributed by atoms with Crippen molar-refractivity contribution in [3.63, 3.8) is 0 Å². The summed E-state index contributed by atoms with van der Waals surface area (Å²) >= 11 is 10.9. The van der Waals surface area contributed by atoms with Gasteiger partial charge in [-0.15, -0.1) is 0 Å². The minimum Gasteiger partial charge on any atom is -0.375 e. The van der Waals surface area contributed by atoms with E-state index in [0.29, 0.717) is 10.2 Å². The molecule has 0 amide bonds. The fourth-order valence-electron chi connectivity index (χ4n) is 1.18. The molecule has 0 radical (unpaired) electrons. The van der Waals surface area contributed by atoms with Crippen molar-refractivity contribution in [1.29, 1.82) is 0 Å². The topological polar surface area (TPSA) is 38.9 Å². The molecule has 0 aliphatic carbocycles. The van der Waals surface area contributed by atoms with Gasteiger partial charge < -0.3 is 5.73 Å². The number of fused-ring (bicyclic) bond motifs is 1. The molecule has 13 heavy (non-hydrogen) atoms. The van der Waals surface area contributed by atoms with Gasteiger partial charge in [0.25, 0.3) is 0 Å². The smallest absolute Gasteiger partial charge is 0.181 e. The van der Waals surface area contributed by atoms with Crippen molar-refractivity contribution in [2.75, 3.05) is 5.73 Å². The van der Waals surface area contributed by atoms with Gasteiger partial charge in [0.2, 0.25) is 0 Å². The van der Waals surface area contributed by atoms with E-state index in [-0.39, 0.29) is 0 Å². The van der Waals surface area contributed by atoms with Crippen molar-refractivity contribution >= 4 is 54.2 Å². The molecule has 0 saturated carbocycles. The highest BCUT2D eigenvalue weighted by atomic mass is 79.9. The number of hydrogen-bond acceptors (Lipinski definition) is 3. The molecule has 2 nitrogen and oxygen atoms in total. The monoisotopic (exact) mass is 276 g/mol. The molecule has 68 valence electrons. The third-order valence-electron chi connectivity index (χ3n) is 1.77. The predicted octanol–water partition coefficient (Wildman–Crippen LogP) is 3.60. The number of aromatic nitrogens is 1. The second-order valence-electron chi connectivity index (χ2n) is 2.72. The van der Waals surface area contributed by atoms with Gasteiger partial charge in [-0.1, -0.05) is 22.9 Å². The largest absolute Gasteiger partial charge is 0.375 e. The van der Waals surface area contributed by atoms with Crippen molar-refractivity contribution in [2.45, 2.75) is 6.92 Å². The van der Waals surface area contributed by atoms with E-state index in [9.17, 15) is 0 Å². The predicted molar refractivity (Wildman–Crippen MR) is 61.5 cm³/mol. The van der Waals surface area contributed by atoms with Crippen molar-refractivity contribution in [2.24, 2.45) is 0 Å². The van der Waals surface area contributed by atoms with Gasteiger partial charge in [0.05, 0.1) is 15.2 Å². The first-order valence-corrected chi connectivity index (χ1v) is 5.59. The maximum Gasteiger partial charge on any atom is 0.181 e. The van der Waals surface area contributed by atoms with Crippen molar-refractivity contribution in [3.8, 4) is 0 Å². The van der Waals surface area contributed by atoms with Crippen LogP contribution in [-0.4, -0.2) is 4.98 Å². The van der Waals surface area contributed by atoms with E-state index in [2.05, 4.69) is 20.9 Å². The standard InChI is InChI=1S/C8H6BrClN2S/c1-3-2-4(9)5(10)7-6(3)12-8(11)13-7/h2H,1H3,(H2,11,12). The van der Waals surface area contributed by atoms with Crippen LogP contribution in [0.25, 0.3) is 10.2 Å². The number of nitrogens with zero attached hydrogens (tertiary/aromatic N) is 1. The van der Waals surface area contributed by atoms with Crippen LogP contribution in [0.2, 0.25) is 5.02 Å². The lowest BCUT2D eigenvalue weighted by molar-refractivity contribution is 1.42. The summed E-state index contributed by atoms with van der Waals surface area (Å²) < 4.78 is 1.84.